The summed E-state index contributed by atoms with van der Waals surface area (Å²) in [4.78, 5) is 4.01. The van der Waals surface area contributed by atoms with Crippen LogP contribution in [0.15, 0.2) is 30.3 Å². The molecule has 18 heavy (non-hydrogen) atoms. The largest absolute Gasteiger partial charge is 0.479 e. The maximum Gasteiger partial charge on any atom is 0.238 e. The van der Waals surface area contributed by atoms with E-state index >= 15 is 0 Å². The molecule has 94 valence electrons. The smallest absolute Gasteiger partial charge is 0.238 e. The number of halogens is 2. The van der Waals surface area contributed by atoms with Crippen molar-refractivity contribution in [1.29, 1.82) is 0 Å². The SMILES string of the molecule is COc1nc(Nc2cccc(F)c2F)ccc1N. The van der Waals surface area contributed by atoms with Crippen LogP contribution < -0.4 is 15.8 Å². The average Bonchev–Trinajstić information content (AvgIpc) is 2.37. The standard InChI is InChI=1S/C12H11F2N3O/c1-18-12-8(15)5-6-10(17-12)16-9-4-2-3-7(13)11(9)14/h2-6H,15H2,1H3,(H,16,17). The number of nitrogens with two attached hydrogens (primary N) is 1. The first-order chi connectivity index (χ1) is 8.61. The van der Waals surface area contributed by atoms with Gasteiger partial charge in [0.15, 0.2) is 11.6 Å². The number of nitrogen functional groups attached to an aromatic ring is 1. The van der Waals surface area contributed by atoms with Crippen molar-refractivity contribution < 1.29 is 13.5 Å². The number of nitrogens with one attached hydrogen (secondary N) is 1. The maximum absolute atomic E-state index is 13.4. The Kier molecular flexibility index (Phi) is 3.27. The van der Waals surface area contributed by atoms with Gasteiger partial charge in [0.1, 0.15) is 5.82 Å². The molecule has 0 atom stereocenters. The molecule has 0 saturated heterocycles. The highest BCUT2D eigenvalue weighted by Crippen LogP contribution is 2.24. The van der Waals surface area contributed by atoms with Crippen LogP contribution in [0.1, 0.15) is 0 Å². The van der Waals surface area contributed by atoms with E-state index in [0.29, 0.717) is 11.5 Å². The number of anilines is 3. The van der Waals surface area contributed by atoms with Gasteiger partial charge in [0.25, 0.3) is 0 Å². The summed E-state index contributed by atoms with van der Waals surface area (Å²) in [5, 5.41) is 2.65. The van der Waals surface area contributed by atoms with Crippen LogP contribution in [0, 0.1) is 11.6 Å². The number of aromatic nitrogens is 1. The van der Waals surface area contributed by atoms with Gasteiger partial charge in [-0.15, -0.1) is 0 Å². The van der Waals surface area contributed by atoms with Crippen molar-refractivity contribution in [2.75, 3.05) is 18.2 Å². The maximum atomic E-state index is 13.4. The van der Waals surface area contributed by atoms with Gasteiger partial charge in [-0.1, -0.05) is 6.07 Å². The highest BCUT2D eigenvalue weighted by molar-refractivity contribution is 5.61. The van der Waals surface area contributed by atoms with Crippen molar-refractivity contribution in [3.63, 3.8) is 0 Å². The van der Waals surface area contributed by atoms with E-state index in [9.17, 15) is 8.78 Å². The second kappa shape index (κ2) is 4.87. The van der Waals surface area contributed by atoms with E-state index in [1.807, 2.05) is 0 Å². The molecular weight excluding hydrogens is 240 g/mol. The van der Waals surface area contributed by atoms with E-state index in [0.717, 1.165) is 6.07 Å². The first kappa shape index (κ1) is 12.1. The number of hydrogen-bond donors (Lipinski definition) is 2. The molecule has 0 aliphatic heterocycles. The molecule has 0 aliphatic rings. The molecule has 0 fully saturated rings. The van der Waals surface area contributed by atoms with E-state index in [4.69, 9.17) is 10.5 Å². The molecule has 2 rings (SSSR count). The van der Waals surface area contributed by atoms with Crippen LogP contribution in [-0.2, 0) is 0 Å². The molecule has 1 aromatic heterocycles. The topological polar surface area (TPSA) is 60.2 Å². The summed E-state index contributed by atoms with van der Waals surface area (Å²) in [6.45, 7) is 0. The normalized spacial score (nSPS) is 10.2. The van der Waals surface area contributed by atoms with E-state index in [2.05, 4.69) is 10.3 Å². The predicted octanol–water partition coefficient (Wildman–Crippen LogP) is 2.69. The minimum absolute atomic E-state index is 0.00526. The van der Waals surface area contributed by atoms with Crippen molar-refractivity contribution >= 4 is 17.2 Å². The van der Waals surface area contributed by atoms with Gasteiger partial charge in [-0.05, 0) is 24.3 Å². The Morgan fingerprint density at radius 1 is 1.22 bits per heavy atom. The summed E-state index contributed by atoms with van der Waals surface area (Å²) in [5.74, 6) is -1.36. The molecule has 1 aromatic carbocycles. The van der Waals surface area contributed by atoms with Crippen LogP contribution in [0.2, 0.25) is 0 Å². The second-order valence-corrected chi connectivity index (χ2v) is 3.52. The number of hydrogen-bond acceptors (Lipinski definition) is 4. The third-order valence-corrected chi connectivity index (χ3v) is 2.30. The summed E-state index contributed by atoms with van der Waals surface area (Å²) >= 11 is 0. The van der Waals surface area contributed by atoms with Gasteiger partial charge in [-0.25, -0.2) is 8.78 Å². The van der Waals surface area contributed by atoms with Gasteiger partial charge in [0.2, 0.25) is 5.88 Å². The van der Waals surface area contributed by atoms with Gasteiger partial charge in [-0.3, -0.25) is 0 Å². The van der Waals surface area contributed by atoms with Gasteiger partial charge >= 0.3 is 0 Å². The molecule has 0 unspecified atom stereocenters. The fourth-order valence-corrected chi connectivity index (χ4v) is 1.42. The number of ether oxygens (including phenoxy) is 1. The highest BCUT2D eigenvalue weighted by Gasteiger charge is 2.09. The molecule has 0 aliphatic carbocycles. The lowest BCUT2D eigenvalue weighted by atomic mass is 10.3. The lowest BCUT2D eigenvalue weighted by Crippen LogP contribution is -2.01. The zero-order chi connectivity index (χ0) is 13.1. The molecule has 3 N–H and O–H groups in total. The Morgan fingerprint density at radius 2 is 2.00 bits per heavy atom. The van der Waals surface area contributed by atoms with Crippen LogP contribution in [0.5, 0.6) is 5.88 Å². The predicted molar refractivity (Wildman–Crippen MR) is 64.8 cm³/mol. The molecule has 0 spiro atoms. The molecule has 0 radical (unpaired) electrons. The van der Waals surface area contributed by atoms with Gasteiger partial charge in [0, 0.05) is 0 Å². The third-order valence-electron chi connectivity index (χ3n) is 2.30. The number of benzene rings is 1. The Morgan fingerprint density at radius 3 is 2.72 bits per heavy atom. The molecule has 4 nitrogen and oxygen atoms in total. The quantitative estimate of drug-likeness (QED) is 0.880. The molecule has 2 aromatic rings. The Balaban J connectivity index is 2.31. The molecule has 0 bridgehead atoms. The molecule has 1 heterocycles. The third kappa shape index (κ3) is 2.32. The van der Waals surface area contributed by atoms with Crippen LogP contribution in [0.25, 0.3) is 0 Å². The summed E-state index contributed by atoms with van der Waals surface area (Å²) in [7, 11) is 1.42. The second-order valence-electron chi connectivity index (χ2n) is 3.52. The Hall–Kier alpha value is -2.37. The van der Waals surface area contributed by atoms with Gasteiger partial charge in [-0.2, -0.15) is 4.98 Å². The minimum Gasteiger partial charge on any atom is -0.479 e. The molecular formula is C12H11F2N3O. The zero-order valence-electron chi connectivity index (χ0n) is 9.58. The van der Waals surface area contributed by atoms with E-state index < -0.39 is 11.6 Å². The van der Waals surface area contributed by atoms with Crippen LogP contribution in [0.3, 0.4) is 0 Å². The van der Waals surface area contributed by atoms with Crippen LogP contribution in [-0.4, -0.2) is 12.1 Å². The monoisotopic (exact) mass is 251 g/mol. The lowest BCUT2D eigenvalue weighted by Gasteiger charge is -2.09. The van der Waals surface area contributed by atoms with Crippen molar-refractivity contribution in [2.24, 2.45) is 0 Å². The van der Waals surface area contributed by atoms with E-state index in [-0.39, 0.29) is 11.6 Å². The number of rotatable bonds is 3. The van der Waals surface area contributed by atoms with Gasteiger partial charge < -0.3 is 15.8 Å². The number of methoxy groups -OCH3 is 1. The first-order valence-electron chi connectivity index (χ1n) is 5.13. The first-order valence-corrected chi connectivity index (χ1v) is 5.13. The summed E-state index contributed by atoms with van der Waals surface area (Å²) in [6, 6.07) is 6.95. The average molecular weight is 251 g/mol. The number of pyridine rings is 1. The Bertz CT molecular complexity index is 575. The summed E-state index contributed by atoms with van der Waals surface area (Å²) < 4.78 is 31.4. The van der Waals surface area contributed by atoms with Crippen LogP contribution >= 0.6 is 0 Å². The molecule has 0 amide bonds. The van der Waals surface area contributed by atoms with Crippen molar-refractivity contribution in [1.82, 2.24) is 4.98 Å². The van der Waals surface area contributed by atoms with E-state index in [1.165, 1.54) is 19.2 Å². The zero-order valence-corrected chi connectivity index (χ0v) is 9.58. The van der Waals surface area contributed by atoms with Crippen molar-refractivity contribution in [3.05, 3.63) is 42.0 Å². The number of nitrogens with zero attached hydrogens (tertiary/aromatic N) is 1. The van der Waals surface area contributed by atoms with Gasteiger partial charge in [0.05, 0.1) is 18.5 Å². The van der Waals surface area contributed by atoms with E-state index in [1.54, 1.807) is 12.1 Å². The Labute approximate surface area is 102 Å². The molecule has 0 saturated carbocycles. The fraction of sp³-hybridized carbons (Fsp3) is 0.0833. The minimum atomic E-state index is -0.963. The molecule has 6 heteroatoms. The fourth-order valence-electron chi connectivity index (χ4n) is 1.42. The van der Waals surface area contributed by atoms with Crippen molar-refractivity contribution in [3.8, 4) is 5.88 Å². The highest BCUT2D eigenvalue weighted by atomic mass is 19.2. The van der Waals surface area contributed by atoms with Crippen molar-refractivity contribution in [2.45, 2.75) is 0 Å². The summed E-state index contributed by atoms with van der Waals surface area (Å²) in [5.41, 5.74) is 5.96. The van der Waals surface area contributed by atoms with Crippen LogP contribution in [0.4, 0.5) is 26.0 Å². The lowest BCUT2D eigenvalue weighted by molar-refractivity contribution is 0.401. The summed E-state index contributed by atoms with van der Waals surface area (Å²) in [6.07, 6.45) is 0.